The minimum atomic E-state index is -0.681. The van der Waals surface area contributed by atoms with E-state index in [2.05, 4.69) is 0 Å². The first-order chi connectivity index (χ1) is 24.1. The lowest BCUT2D eigenvalue weighted by molar-refractivity contribution is -0.191. The smallest absolute Gasteiger partial charge is 0.373 e. The van der Waals surface area contributed by atoms with E-state index in [9.17, 15) is 14.4 Å². The van der Waals surface area contributed by atoms with Gasteiger partial charge in [-0.1, -0.05) is 72.3 Å². The maximum Gasteiger partial charge on any atom is 0.373 e. The van der Waals surface area contributed by atoms with Crippen LogP contribution in [0.1, 0.15) is 41.7 Å². The third-order valence-electron chi connectivity index (χ3n) is 8.41. The Hall–Kier alpha value is -6.51. The molecule has 0 fully saturated rings. The van der Waals surface area contributed by atoms with Gasteiger partial charge in [0.1, 0.15) is 22.7 Å². The molecule has 4 aromatic carbocycles. The average molecular weight is 673 g/mol. The molecule has 2 aliphatic heterocycles. The Labute approximate surface area is 287 Å². The van der Waals surface area contributed by atoms with E-state index in [1.807, 2.05) is 87.5 Å². The number of carbonyl (C=O) groups is 3. The lowest BCUT2D eigenvalue weighted by Crippen LogP contribution is -2.09. The van der Waals surface area contributed by atoms with Crippen molar-refractivity contribution in [3.8, 4) is 5.75 Å². The summed E-state index contributed by atoms with van der Waals surface area (Å²) in [5.41, 5.74) is 5.70. The minimum Gasteiger partial charge on any atom is -0.497 e. The van der Waals surface area contributed by atoms with Gasteiger partial charge in [-0.2, -0.15) is 9.59 Å². The van der Waals surface area contributed by atoms with Crippen LogP contribution < -0.4 is 4.74 Å². The summed E-state index contributed by atoms with van der Waals surface area (Å²) in [4.78, 5) is 56.2. The third-order valence-corrected chi connectivity index (χ3v) is 8.41. The van der Waals surface area contributed by atoms with Crippen molar-refractivity contribution < 1.29 is 47.7 Å². The molecule has 0 aromatic heterocycles. The van der Waals surface area contributed by atoms with Gasteiger partial charge in [0.25, 0.3) is 0 Å². The van der Waals surface area contributed by atoms with Crippen LogP contribution in [0.25, 0.3) is 33.1 Å². The molecule has 50 heavy (non-hydrogen) atoms. The minimum absolute atomic E-state index is 0.0296. The van der Waals surface area contributed by atoms with Crippen molar-refractivity contribution in [2.45, 2.75) is 20.8 Å². The molecule has 2 heterocycles. The number of carbonyl (C=O) groups excluding carboxylic acids is 5. The Kier molecular flexibility index (Phi) is 10.2. The van der Waals surface area contributed by atoms with Gasteiger partial charge in [0, 0.05) is 11.1 Å². The molecule has 0 unspecified atom stereocenters. The number of benzene rings is 4. The van der Waals surface area contributed by atoms with E-state index in [0.717, 1.165) is 27.8 Å². The fourth-order valence-corrected chi connectivity index (χ4v) is 5.95. The highest BCUT2D eigenvalue weighted by Gasteiger charge is 2.38. The quantitative estimate of drug-likeness (QED) is 0.117. The van der Waals surface area contributed by atoms with Crippen LogP contribution in [0.15, 0.2) is 108 Å². The van der Waals surface area contributed by atoms with Gasteiger partial charge in [0.15, 0.2) is 11.5 Å². The second-order valence-corrected chi connectivity index (χ2v) is 11.3. The first kappa shape index (κ1) is 34.8. The van der Waals surface area contributed by atoms with Gasteiger partial charge in [-0.3, -0.25) is 0 Å². The highest BCUT2D eigenvalue weighted by atomic mass is 16.6. The van der Waals surface area contributed by atoms with E-state index in [1.165, 1.54) is 14.2 Å². The predicted octanol–water partition coefficient (Wildman–Crippen LogP) is 6.83. The van der Waals surface area contributed by atoms with E-state index in [-0.39, 0.29) is 28.8 Å². The number of aryl methyl sites for hydroxylation is 1. The number of hydrogen-bond acceptors (Lipinski definition) is 10. The average Bonchev–Trinajstić information content (AvgIpc) is 3.62. The molecule has 0 bridgehead atoms. The summed E-state index contributed by atoms with van der Waals surface area (Å²) in [5, 5.41) is 1.50. The predicted molar refractivity (Wildman–Crippen MR) is 183 cm³/mol. The summed E-state index contributed by atoms with van der Waals surface area (Å²) in [6, 6.07) is 25.9. The third kappa shape index (κ3) is 6.48. The molecule has 0 N–H and O–H groups in total. The van der Waals surface area contributed by atoms with Crippen molar-refractivity contribution in [3.63, 3.8) is 0 Å². The van der Waals surface area contributed by atoms with Gasteiger partial charge >= 0.3 is 24.1 Å². The van der Waals surface area contributed by atoms with Gasteiger partial charge in [-0.25, -0.2) is 14.4 Å². The number of cyclic esters (lactones) is 2. The highest BCUT2D eigenvalue weighted by Crippen LogP contribution is 2.42. The molecule has 252 valence electrons. The highest BCUT2D eigenvalue weighted by molar-refractivity contribution is 6.28. The van der Waals surface area contributed by atoms with Gasteiger partial charge in [-0.15, -0.1) is 0 Å². The summed E-state index contributed by atoms with van der Waals surface area (Å²) >= 11 is 0. The van der Waals surface area contributed by atoms with E-state index in [4.69, 9.17) is 33.3 Å². The number of rotatable bonds is 7. The molecule has 0 atom stereocenters. The summed E-state index contributed by atoms with van der Waals surface area (Å²) in [6.45, 7) is 5.69. The molecule has 0 spiro atoms. The lowest BCUT2D eigenvalue weighted by atomic mass is 9.92. The van der Waals surface area contributed by atoms with Crippen molar-refractivity contribution >= 4 is 57.1 Å². The van der Waals surface area contributed by atoms with Crippen LogP contribution in [-0.2, 0) is 42.9 Å². The molecule has 2 aliphatic rings. The number of esters is 3. The maximum atomic E-state index is 13.6. The molecule has 0 aliphatic carbocycles. The second-order valence-electron chi connectivity index (χ2n) is 11.3. The Balaban J connectivity index is 0.00000156. The molecule has 4 aromatic rings. The van der Waals surface area contributed by atoms with E-state index >= 15 is 0 Å². The van der Waals surface area contributed by atoms with Crippen LogP contribution in [0.2, 0.25) is 0 Å². The Bertz CT molecular complexity index is 2190. The van der Waals surface area contributed by atoms with Crippen molar-refractivity contribution in [1.82, 2.24) is 0 Å². The Morgan fingerprint density at radius 2 is 1.34 bits per heavy atom. The van der Waals surface area contributed by atoms with Crippen LogP contribution in [0.5, 0.6) is 5.75 Å². The summed E-state index contributed by atoms with van der Waals surface area (Å²) in [5.74, 6) is -0.531. The first-order valence-corrected chi connectivity index (χ1v) is 15.3. The van der Waals surface area contributed by atoms with Gasteiger partial charge in [0.05, 0.1) is 26.9 Å². The molecular formula is C40H32O10. The van der Waals surface area contributed by atoms with Gasteiger partial charge in [0.2, 0.25) is 0 Å². The topological polar surface area (TPSA) is 132 Å². The largest absolute Gasteiger partial charge is 0.497 e. The lowest BCUT2D eigenvalue weighted by Gasteiger charge is -2.12. The van der Waals surface area contributed by atoms with Gasteiger partial charge in [-0.05, 0) is 72.0 Å². The van der Waals surface area contributed by atoms with E-state index < -0.39 is 17.9 Å². The zero-order chi connectivity index (χ0) is 36.1. The zero-order valence-electron chi connectivity index (χ0n) is 28.2. The number of hydrogen-bond donors (Lipinski definition) is 0. The number of fused-ring (bicyclic) bond motifs is 1. The van der Waals surface area contributed by atoms with Crippen LogP contribution in [0, 0.1) is 6.92 Å². The number of allylic oxidation sites excluding steroid dienone is 2. The number of methoxy groups -OCH3 is 3. The molecule has 0 amide bonds. The summed E-state index contributed by atoms with van der Waals surface area (Å²) in [6.07, 6.45) is 0.250. The fourth-order valence-electron chi connectivity index (χ4n) is 5.95. The summed E-state index contributed by atoms with van der Waals surface area (Å²) < 4.78 is 27.7. The maximum absolute atomic E-state index is 13.6. The molecule has 0 radical (unpaired) electrons. The molecule has 10 nitrogen and oxygen atoms in total. The molecule has 0 saturated heterocycles. The molecule has 10 heteroatoms. The Morgan fingerprint density at radius 1 is 0.720 bits per heavy atom. The zero-order valence-corrected chi connectivity index (χ0v) is 28.2. The van der Waals surface area contributed by atoms with Crippen LogP contribution in [0.4, 0.5) is 0 Å². The van der Waals surface area contributed by atoms with Crippen molar-refractivity contribution in [3.05, 3.63) is 136 Å². The monoisotopic (exact) mass is 672 g/mol. The SMILES string of the molecule is COC(=O)C(=C1OC(=O)C(c2cccc3ccc(C4=C(C)/C(=C(\C)c5ccc(OC)cc5)OC4=O)cc23)=C1OC)c1ccc(C)cc1.O=C=O. The normalized spacial score (nSPS) is 15.9. The van der Waals surface area contributed by atoms with Crippen molar-refractivity contribution in [2.24, 2.45) is 0 Å². The number of ether oxygens (including phenoxy) is 5. The second kappa shape index (κ2) is 14.7. The van der Waals surface area contributed by atoms with Gasteiger partial charge < -0.3 is 23.7 Å². The Morgan fingerprint density at radius 3 is 1.96 bits per heavy atom. The molecular weight excluding hydrogens is 640 g/mol. The van der Waals surface area contributed by atoms with E-state index in [1.54, 1.807) is 25.3 Å². The van der Waals surface area contributed by atoms with Crippen LogP contribution >= 0.6 is 0 Å². The first-order valence-electron chi connectivity index (χ1n) is 15.3. The summed E-state index contributed by atoms with van der Waals surface area (Å²) in [7, 11) is 4.29. The van der Waals surface area contributed by atoms with Crippen molar-refractivity contribution in [1.29, 1.82) is 0 Å². The van der Waals surface area contributed by atoms with Crippen LogP contribution in [0.3, 0.4) is 0 Å². The van der Waals surface area contributed by atoms with Crippen LogP contribution in [-0.4, -0.2) is 45.4 Å². The van der Waals surface area contributed by atoms with Crippen molar-refractivity contribution in [2.75, 3.05) is 21.3 Å². The fraction of sp³-hybridized carbons (Fsp3) is 0.150. The van der Waals surface area contributed by atoms with E-state index in [0.29, 0.717) is 39.0 Å². The standard InChI is InChI=1S/C39H32O8.CO2/c1-21-10-12-26(13-11-21)32(37(40)45-6)36-35(44-5)33(39(42)47-36)29-9-7-8-25-14-15-27(20-30(25)29)31-23(3)34(46-38(31)41)22(2)24-16-18-28(43-4)19-17-24;2-1-3/h7-20H,1-6H3;/b34-22-,36-32?;. The molecule has 6 rings (SSSR count). The molecule has 0 saturated carbocycles.